The van der Waals surface area contributed by atoms with Crippen molar-refractivity contribution in [2.24, 2.45) is 0 Å². The van der Waals surface area contributed by atoms with Crippen molar-refractivity contribution >= 4 is 17.8 Å². The van der Waals surface area contributed by atoms with Crippen LogP contribution in [-0.2, 0) is 0 Å². The van der Waals surface area contributed by atoms with Crippen LogP contribution >= 0.6 is 11.8 Å². The van der Waals surface area contributed by atoms with E-state index >= 15 is 0 Å². The minimum Gasteiger partial charge on any atom is -0.335 e. The number of amides is 2. The first-order chi connectivity index (χ1) is 11.2. The van der Waals surface area contributed by atoms with Crippen LogP contribution in [0.1, 0.15) is 57.8 Å². The number of carbonyl (C=O) groups is 1. The van der Waals surface area contributed by atoms with Crippen LogP contribution in [0.15, 0.2) is 0 Å². The second-order valence-corrected chi connectivity index (χ2v) is 9.58. The van der Waals surface area contributed by atoms with Gasteiger partial charge in [-0.3, -0.25) is 0 Å². The number of nitrogens with one attached hydrogen (secondary N) is 1. The third-order valence-corrected chi connectivity index (χ3v) is 7.98. The van der Waals surface area contributed by atoms with Gasteiger partial charge in [0.1, 0.15) is 0 Å². The minimum absolute atomic E-state index is 0.215. The van der Waals surface area contributed by atoms with Gasteiger partial charge >= 0.3 is 6.03 Å². The molecular formula is C18H31N3OS. The number of piperidine rings is 1. The number of rotatable bonds is 1. The predicted molar refractivity (Wildman–Crippen MR) is 96.0 cm³/mol. The fourth-order valence-electron chi connectivity index (χ4n) is 5.14. The fourth-order valence-corrected chi connectivity index (χ4v) is 6.71. The van der Waals surface area contributed by atoms with Gasteiger partial charge in [-0.15, -0.1) is 0 Å². The Bertz CT molecular complexity index is 432. The minimum atomic E-state index is 0.215. The van der Waals surface area contributed by atoms with Crippen molar-refractivity contribution < 1.29 is 4.79 Å². The average molecular weight is 338 g/mol. The summed E-state index contributed by atoms with van der Waals surface area (Å²) in [6, 6.07) is 1.35. The van der Waals surface area contributed by atoms with E-state index in [2.05, 4.69) is 26.9 Å². The van der Waals surface area contributed by atoms with Crippen molar-refractivity contribution in [3.63, 3.8) is 0 Å². The van der Waals surface area contributed by atoms with Gasteiger partial charge in [0.2, 0.25) is 0 Å². The molecule has 1 N–H and O–H groups in total. The monoisotopic (exact) mass is 337 g/mol. The Morgan fingerprint density at radius 3 is 2.78 bits per heavy atom. The molecule has 0 bridgehead atoms. The summed E-state index contributed by atoms with van der Waals surface area (Å²) in [5, 5.41) is 3.37. The van der Waals surface area contributed by atoms with Gasteiger partial charge in [0.15, 0.2) is 0 Å². The van der Waals surface area contributed by atoms with Gasteiger partial charge in [0.05, 0.1) is 0 Å². The lowest BCUT2D eigenvalue weighted by atomic mass is 9.87. The van der Waals surface area contributed by atoms with Crippen LogP contribution in [0.5, 0.6) is 0 Å². The van der Waals surface area contributed by atoms with Crippen molar-refractivity contribution in [1.29, 1.82) is 0 Å². The van der Waals surface area contributed by atoms with Crippen molar-refractivity contribution in [2.75, 3.05) is 31.9 Å². The highest BCUT2D eigenvalue weighted by molar-refractivity contribution is 8.00. The normalized spacial score (nSPS) is 34.3. The van der Waals surface area contributed by atoms with Gasteiger partial charge in [-0.25, -0.2) is 4.79 Å². The number of fused-ring (bicyclic) bond motifs is 1. The topological polar surface area (TPSA) is 35.6 Å². The number of carbonyl (C=O) groups excluding carboxylic acids is 1. The maximum atomic E-state index is 12.8. The van der Waals surface area contributed by atoms with E-state index in [4.69, 9.17) is 0 Å². The molecule has 3 heterocycles. The maximum absolute atomic E-state index is 12.8. The molecule has 1 spiro atoms. The highest BCUT2D eigenvalue weighted by Gasteiger charge is 2.39. The number of nitrogens with zero attached hydrogens (tertiary/aromatic N) is 2. The lowest BCUT2D eigenvalue weighted by Crippen LogP contribution is -2.56. The van der Waals surface area contributed by atoms with Crippen molar-refractivity contribution in [1.82, 2.24) is 15.1 Å². The van der Waals surface area contributed by atoms with E-state index in [1.54, 1.807) is 0 Å². The van der Waals surface area contributed by atoms with E-state index in [-0.39, 0.29) is 6.03 Å². The van der Waals surface area contributed by atoms with Crippen molar-refractivity contribution in [3.05, 3.63) is 0 Å². The number of thioether (sulfide) groups is 1. The SMILES string of the molecule is O=C(N[C@H]1CCN2CCC[C@@H]2C1)N1CCSC2(CCCCC2)C1. The summed E-state index contributed by atoms with van der Waals surface area (Å²) in [5.74, 6) is 1.12. The molecule has 4 nitrogen and oxygen atoms in total. The van der Waals surface area contributed by atoms with E-state index in [0.29, 0.717) is 10.8 Å². The molecule has 1 aliphatic carbocycles. The predicted octanol–water partition coefficient (Wildman–Crippen LogP) is 3.07. The molecule has 4 aliphatic rings. The molecule has 0 radical (unpaired) electrons. The zero-order chi connectivity index (χ0) is 15.7. The molecule has 23 heavy (non-hydrogen) atoms. The Hall–Kier alpha value is -0.420. The van der Waals surface area contributed by atoms with E-state index < -0.39 is 0 Å². The summed E-state index contributed by atoms with van der Waals surface area (Å²) in [5.41, 5.74) is 0. The molecule has 4 fully saturated rings. The van der Waals surface area contributed by atoms with Crippen molar-refractivity contribution in [3.8, 4) is 0 Å². The summed E-state index contributed by atoms with van der Waals surface area (Å²) in [6.45, 7) is 4.36. The molecule has 5 heteroatoms. The zero-order valence-electron chi connectivity index (χ0n) is 14.3. The first-order valence-corrected chi connectivity index (χ1v) is 10.7. The number of hydrogen-bond donors (Lipinski definition) is 1. The summed E-state index contributed by atoms with van der Waals surface area (Å²) in [7, 11) is 0. The highest BCUT2D eigenvalue weighted by atomic mass is 32.2. The number of urea groups is 1. The van der Waals surface area contributed by atoms with Gasteiger partial charge < -0.3 is 15.1 Å². The second-order valence-electron chi connectivity index (χ2n) is 8.02. The van der Waals surface area contributed by atoms with E-state index in [1.165, 1.54) is 64.5 Å². The Labute approximate surface area is 144 Å². The van der Waals surface area contributed by atoms with E-state index in [1.807, 2.05) is 0 Å². The molecule has 3 aliphatic heterocycles. The van der Waals surface area contributed by atoms with Crippen molar-refractivity contribution in [2.45, 2.75) is 74.6 Å². The molecule has 2 amide bonds. The molecular weight excluding hydrogens is 306 g/mol. The van der Waals surface area contributed by atoms with Gasteiger partial charge in [-0.05, 0) is 45.1 Å². The average Bonchev–Trinajstić information content (AvgIpc) is 3.03. The molecule has 0 aromatic rings. The van der Waals surface area contributed by atoms with Gasteiger partial charge in [0, 0.05) is 42.2 Å². The third-order valence-electron chi connectivity index (χ3n) is 6.45. The van der Waals surface area contributed by atoms with E-state index in [0.717, 1.165) is 31.3 Å². The smallest absolute Gasteiger partial charge is 0.317 e. The first-order valence-electron chi connectivity index (χ1n) is 9.68. The van der Waals surface area contributed by atoms with Crippen LogP contribution in [0.2, 0.25) is 0 Å². The Kier molecular flexibility index (Phi) is 4.77. The Morgan fingerprint density at radius 2 is 1.91 bits per heavy atom. The Morgan fingerprint density at radius 1 is 1.04 bits per heavy atom. The summed E-state index contributed by atoms with van der Waals surface area (Å²) < 4.78 is 0.378. The third kappa shape index (κ3) is 3.51. The Balaban J connectivity index is 1.31. The van der Waals surface area contributed by atoms with Crippen LogP contribution in [0, 0.1) is 0 Å². The van der Waals surface area contributed by atoms with Crippen LogP contribution in [0.3, 0.4) is 0 Å². The van der Waals surface area contributed by atoms with Crippen LogP contribution in [0.25, 0.3) is 0 Å². The number of hydrogen-bond acceptors (Lipinski definition) is 3. The van der Waals surface area contributed by atoms with Gasteiger partial charge in [-0.1, -0.05) is 19.3 Å². The zero-order valence-corrected chi connectivity index (χ0v) is 15.1. The van der Waals surface area contributed by atoms with Gasteiger partial charge in [0.25, 0.3) is 0 Å². The summed E-state index contributed by atoms with van der Waals surface area (Å²) >= 11 is 2.14. The van der Waals surface area contributed by atoms with Gasteiger partial charge in [-0.2, -0.15) is 11.8 Å². The highest BCUT2D eigenvalue weighted by Crippen LogP contribution is 2.42. The summed E-state index contributed by atoms with van der Waals surface area (Å²) in [4.78, 5) is 17.5. The largest absolute Gasteiger partial charge is 0.335 e. The van der Waals surface area contributed by atoms with Crippen LogP contribution in [0.4, 0.5) is 4.79 Å². The molecule has 0 aromatic heterocycles. The quantitative estimate of drug-likeness (QED) is 0.799. The van der Waals surface area contributed by atoms with Crippen LogP contribution in [-0.4, -0.2) is 64.6 Å². The molecule has 2 atom stereocenters. The first kappa shape index (κ1) is 16.1. The molecule has 0 aromatic carbocycles. The standard InChI is InChI=1S/C18H31N3OS/c22-17(19-15-6-10-20-9-4-5-16(20)13-15)21-11-12-23-18(14-21)7-2-1-3-8-18/h15-16H,1-14H2,(H,19,22)/t15-,16+/m0/s1. The van der Waals surface area contributed by atoms with Crippen LogP contribution < -0.4 is 5.32 Å². The molecule has 0 unspecified atom stereocenters. The summed E-state index contributed by atoms with van der Waals surface area (Å²) in [6.07, 6.45) is 11.7. The molecule has 1 saturated carbocycles. The maximum Gasteiger partial charge on any atom is 0.317 e. The molecule has 4 rings (SSSR count). The fraction of sp³-hybridized carbons (Fsp3) is 0.944. The van der Waals surface area contributed by atoms with E-state index in [9.17, 15) is 4.79 Å². The lowest BCUT2D eigenvalue weighted by molar-refractivity contribution is 0.150. The lowest BCUT2D eigenvalue weighted by Gasteiger charge is -2.45. The second kappa shape index (κ2) is 6.83. The molecule has 130 valence electrons. The molecule has 3 saturated heterocycles.